The lowest BCUT2D eigenvalue weighted by Crippen LogP contribution is -2.42. The highest BCUT2D eigenvalue weighted by molar-refractivity contribution is 5.80. The van der Waals surface area contributed by atoms with E-state index < -0.39 is 0 Å². The Kier molecular flexibility index (Phi) is 1.96. The summed E-state index contributed by atoms with van der Waals surface area (Å²) >= 11 is 0. The second-order valence-corrected chi connectivity index (χ2v) is 3.57. The second-order valence-electron chi connectivity index (χ2n) is 3.57. The van der Waals surface area contributed by atoms with Gasteiger partial charge in [-0.05, 0) is 12.1 Å². The zero-order valence-corrected chi connectivity index (χ0v) is 8.92. The number of aromatic nitrogens is 2. The minimum Gasteiger partial charge on any atom is -0.273 e. The fourth-order valence-corrected chi connectivity index (χ4v) is 1.92. The van der Waals surface area contributed by atoms with Crippen LogP contribution in [0.1, 0.15) is 0 Å². The van der Waals surface area contributed by atoms with E-state index in [1.54, 1.807) is 11.8 Å². The molecule has 0 spiro atoms. The first-order chi connectivity index (χ1) is 7.90. The summed E-state index contributed by atoms with van der Waals surface area (Å²) in [6.07, 6.45) is 0. The van der Waals surface area contributed by atoms with Crippen molar-refractivity contribution in [2.24, 2.45) is 0 Å². The number of hydrogen-bond acceptors (Lipinski definition) is 2. The molecule has 0 unspecified atom stereocenters. The molecule has 3 nitrogen and oxygen atoms in total. The number of nitrogens with zero attached hydrogens (tertiary/aromatic N) is 2. The van der Waals surface area contributed by atoms with Gasteiger partial charge in [-0.3, -0.25) is 4.84 Å². The van der Waals surface area contributed by atoms with Crippen LogP contribution in [0.4, 0.5) is 0 Å². The Morgan fingerprint density at radius 1 is 0.875 bits per heavy atom. The fourth-order valence-electron chi connectivity index (χ4n) is 1.92. The summed E-state index contributed by atoms with van der Waals surface area (Å²) in [7, 11) is 1.67. The molecule has 0 atom stereocenters. The molecular formula is C13H11N2O+. The zero-order chi connectivity index (χ0) is 11.0. The first-order valence-electron chi connectivity index (χ1n) is 5.14. The fraction of sp³-hybridized carbons (Fsp3) is 0.0769. The maximum atomic E-state index is 5.42. The lowest BCUT2D eigenvalue weighted by atomic mass is 10.2. The molecule has 0 N–H and O–H groups in total. The largest absolute Gasteiger partial charge is 0.283 e. The van der Waals surface area contributed by atoms with Gasteiger partial charge < -0.3 is 0 Å². The van der Waals surface area contributed by atoms with E-state index in [4.69, 9.17) is 4.84 Å². The number of rotatable bonds is 1. The Morgan fingerprint density at radius 3 is 1.88 bits per heavy atom. The van der Waals surface area contributed by atoms with E-state index in [9.17, 15) is 0 Å². The van der Waals surface area contributed by atoms with Crippen molar-refractivity contribution >= 4 is 22.1 Å². The zero-order valence-electron chi connectivity index (χ0n) is 8.92. The first kappa shape index (κ1) is 9.09. The molecule has 3 aromatic rings. The summed E-state index contributed by atoms with van der Waals surface area (Å²) in [5.74, 6) is 0. The minimum atomic E-state index is 0.933. The van der Waals surface area contributed by atoms with Crippen LogP contribution in [0.5, 0.6) is 0 Å². The Balaban J connectivity index is 2.56. The van der Waals surface area contributed by atoms with Crippen LogP contribution in [0, 0.1) is 0 Å². The van der Waals surface area contributed by atoms with Gasteiger partial charge in [-0.2, -0.15) is 0 Å². The van der Waals surface area contributed by atoms with Gasteiger partial charge in [-0.15, -0.1) is 0 Å². The van der Waals surface area contributed by atoms with Gasteiger partial charge in [0.05, 0.1) is 0 Å². The molecule has 3 rings (SSSR count). The van der Waals surface area contributed by atoms with Crippen molar-refractivity contribution in [2.45, 2.75) is 0 Å². The van der Waals surface area contributed by atoms with Crippen molar-refractivity contribution in [1.29, 1.82) is 0 Å². The molecule has 0 aliphatic rings. The number of benzene rings is 2. The summed E-state index contributed by atoms with van der Waals surface area (Å²) in [6.45, 7) is 0. The molecule has 0 radical (unpaired) electrons. The number of hydrogen-bond donors (Lipinski definition) is 0. The predicted molar refractivity (Wildman–Crippen MR) is 61.9 cm³/mol. The van der Waals surface area contributed by atoms with Gasteiger partial charge in [0.1, 0.15) is 18.1 Å². The normalized spacial score (nSPS) is 10.8. The molecular weight excluding hydrogens is 200 g/mol. The Hall–Kier alpha value is -2.16. The average molecular weight is 211 g/mol. The van der Waals surface area contributed by atoms with Crippen LogP contribution in [-0.4, -0.2) is 12.1 Å². The summed E-state index contributed by atoms with van der Waals surface area (Å²) in [6, 6.07) is 15.9. The molecule has 0 bridgehead atoms. The molecule has 0 aliphatic heterocycles. The summed E-state index contributed by atoms with van der Waals surface area (Å²) < 4.78 is 1.80. The highest BCUT2D eigenvalue weighted by Gasteiger charge is 2.16. The maximum Gasteiger partial charge on any atom is 0.283 e. The predicted octanol–water partition coefficient (Wildman–Crippen LogP) is 1.73. The van der Waals surface area contributed by atoms with Crippen LogP contribution >= 0.6 is 0 Å². The SMILES string of the molecule is CO[n+]1c2ccccc2nc2ccccc21. The third kappa shape index (κ3) is 1.21. The monoisotopic (exact) mass is 211 g/mol. The first-order valence-corrected chi connectivity index (χ1v) is 5.14. The van der Waals surface area contributed by atoms with E-state index in [2.05, 4.69) is 4.98 Å². The smallest absolute Gasteiger partial charge is 0.273 e. The van der Waals surface area contributed by atoms with Crippen LogP contribution < -0.4 is 9.57 Å². The number of para-hydroxylation sites is 4. The van der Waals surface area contributed by atoms with Crippen molar-refractivity contribution in [1.82, 2.24) is 4.98 Å². The van der Waals surface area contributed by atoms with Crippen molar-refractivity contribution in [3.63, 3.8) is 0 Å². The molecule has 78 valence electrons. The highest BCUT2D eigenvalue weighted by atomic mass is 16.6. The molecule has 0 fully saturated rings. The van der Waals surface area contributed by atoms with Gasteiger partial charge in [-0.25, -0.2) is 4.98 Å². The molecule has 0 saturated heterocycles. The van der Waals surface area contributed by atoms with E-state index in [1.165, 1.54) is 0 Å². The highest BCUT2D eigenvalue weighted by Crippen LogP contribution is 2.12. The van der Waals surface area contributed by atoms with Gasteiger partial charge in [0.15, 0.2) is 0 Å². The van der Waals surface area contributed by atoms with Crippen molar-refractivity contribution < 1.29 is 9.57 Å². The Labute approximate surface area is 92.9 Å². The number of fused-ring (bicyclic) bond motifs is 2. The topological polar surface area (TPSA) is 26.0 Å². The van der Waals surface area contributed by atoms with Crippen LogP contribution in [-0.2, 0) is 0 Å². The van der Waals surface area contributed by atoms with E-state index in [-0.39, 0.29) is 0 Å². The van der Waals surface area contributed by atoms with Gasteiger partial charge in [0.25, 0.3) is 11.0 Å². The van der Waals surface area contributed by atoms with Crippen molar-refractivity contribution in [3.05, 3.63) is 48.5 Å². The molecule has 1 aromatic heterocycles. The molecule has 3 heteroatoms. The molecule has 16 heavy (non-hydrogen) atoms. The molecule has 1 heterocycles. The van der Waals surface area contributed by atoms with Crippen LogP contribution in [0.3, 0.4) is 0 Å². The third-order valence-corrected chi connectivity index (χ3v) is 2.62. The quantitative estimate of drug-likeness (QED) is 0.452. The van der Waals surface area contributed by atoms with E-state index in [0.717, 1.165) is 22.1 Å². The van der Waals surface area contributed by atoms with Gasteiger partial charge in [0.2, 0.25) is 0 Å². The van der Waals surface area contributed by atoms with Crippen molar-refractivity contribution in [3.8, 4) is 0 Å². The summed E-state index contributed by atoms with van der Waals surface area (Å²) in [5.41, 5.74) is 3.82. The van der Waals surface area contributed by atoms with Crippen LogP contribution in [0.15, 0.2) is 48.5 Å². The van der Waals surface area contributed by atoms with Crippen LogP contribution in [0.2, 0.25) is 0 Å². The van der Waals surface area contributed by atoms with E-state index in [0.29, 0.717) is 0 Å². The second kappa shape index (κ2) is 3.45. The van der Waals surface area contributed by atoms with Gasteiger partial charge in [-0.1, -0.05) is 24.3 Å². The molecule has 0 saturated carbocycles. The summed E-state index contributed by atoms with van der Waals surface area (Å²) in [5, 5.41) is 0. The third-order valence-electron chi connectivity index (χ3n) is 2.62. The lowest BCUT2D eigenvalue weighted by Gasteiger charge is -2.00. The van der Waals surface area contributed by atoms with Gasteiger partial charge in [0, 0.05) is 16.9 Å². The minimum absolute atomic E-state index is 0.933. The van der Waals surface area contributed by atoms with Crippen LogP contribution in [0.25, 0.3) is 22.1 Å². The molecule has 0 amide bonds. The average Bonchev–Trinajstić information content (AvgIpc) is 2.36. The van der Waals surface area contributed by atoms with E-state index >= 15 is 0 Å². The lowest BCUT2D eigenvalue weighted by molar-refractivity contribution is -0.844. The Morgan fingerprint density at radius 2 is 1.38 bits per heavy atom. The molecule has 0 aliphatic carbocycles. The standard InChI is InChI=1S/C13H11N2O/c1-16-15-12-8-4-2-6-10(12)14-11-7-3-5-9-13(11)15/h2-9H,1H3/q+1. The summed E-state index contributed by atoms with van der Waals surface area (Å²) in [4.78, 5) is 10.0. The Bertz CT molecular complexity index is 610. The van der Waals surface area contributed by atoms with Gasteiger partial charge >= 0.3 is 0 Å². The van der Waals surface area contributed by atoms with Crippen molar-refractivity contribution in [2.75, 3.05) is 7.11 Å². The molecule has 2 aromatic carbocycles. The van der Waals surface area contributed by atoms with E-state index in [1.807, 2.05) is 48.5 Å². The maximum absolute atomic E-state index is 5.42.